The molecule has 1 amide bonds. The van der Waals surface area contributed by atoms with Gasteiger partial charge in [0.05, 0.1) is 13.0 Å². The second-order valence-electron chi connectivity index (χ2n) is 6.07. The van der Waals surface area contributed by atoms with Crippen LogP contribution < -0.4 is 0 Å². The molecule has 0 aliphatic carbocycles. The van der Waals surface area contributed by atoms with Gasteiger partial charge in [-0.15, -0.1) is 16.4 Å². The largest absolute Gasteiger partial charge is 0.453 e. The van der Waals surface area contributed by atoms with E-state index in [1.165, 1.54) is 0 Å². The van der Waals surface area contributed by atoms with Crippen molar-refractivity contribution in [3.63, 3.8) is 0 Å². The fraction of sp³-hybridized carbons (Fsp3) is 0.412. The van der Waals surface area contributed by atoms with Crippen LogP contribution in [0.5, 0.6) is 0 Å². The summed E-state index contributed by atoms with van der Waals surface area (Å²) in [5, 5.41) is 5.46. The standard InChI is InChI=1S/C17H18F3N5OS/c1-4-24(9-12-6-5-7-27-12)14(26)8-13-10(2)21-16-22-15(17(18,19)20)23-25(16)11(13)3/h5-7H,4,8-9H2,1-3H3. The molecular formula is C17H18F3N5OS. The molecule has 27 heavy (non-hydrogen) atoms. The molecule has 0 atom stereocenters. The maximum atomic E-state index is 12.9. The molecule has 0 N–H and O–H groups in total. The van der Waals surface area contributed by atoms with Crippen LogP contribution in [-0.2, 0) is 23.9 Å². The van der Waals surface area contributed by atoms with Gasteiger partial charge >= 0.3 is 6.18 Å². The molecular weight excluding hydrogens is 379 g/mol. The lowest BCUT2D eigenvalue weighted by Crippen LogP contribution is -2.32. The fourth-order valence-corrected chi connectivity index (χ4v) is 3.53. The molecule has 144 valence electrons. The minimum Gasteiger partial charge on any atom is -0.338 e. The number of thiophene rings is 1. The summed E-state index contributed by atoms with van der Waals surface area (Å²) in [6.45, 7) is 6.20. The van der Waals surface area contributed by atoms with E-state index in [1.54, 1.807) is 30.1 Å². The number of rotatable bonds is 5. The Morgan fingerprint density at radius 3 is 2.63 bits per heavy atom. The van der Waals surface area contributed by atoms with Gasteiger partial charge in [-0.1, -0.05) is 6.07 Å². The number of halogens is 3. The molecule has 0 bridgehead atoms. The zero-order valence-electron chi connectivity index (χ0n) is 15.0. The van der Waals surface area contributed by atoms with Gasteiger partial charge in [0, 0.05) is 28.4 Å². The van der Waals surface area contributed by atoms with E-state index in [9.17, 15) is 18.0 Å². The molecule has 0 unspecified atom stereocenters. The third-order valence-electron chi connectivity index (χ3n) is 4.29. The van der Waals surface area contributed by atoms with Gasteiger partial charge in [-0.25, -0.2) is 9.50 Å². The van der Waals surface area contributed by atoms with E-state index in [1.807, 2.05) is 24.4 Å². The molecule has 0 aliphatic heterocycles. The zero-order chi connectivity index (χ0) is 19.8. The van der Waals surface area contributed by atoms with Crippen LogP contribution in [0.4, 0.5) is 13.2 Å². The Kier molecular flexibility index (Phi) is 5.18. The Morgan fingerprint density at radius 1 is 1.30 bits per heavy atom. The minimum absolute atomic E-state index is 0.0427. The van der Waals surface area contributed by atoms with Gasteiger partial charge in [-0.05, 0) is 32.2 Å². The number of fused-ring (bicyclic) bond motifs is 1. The highest BCUT2D eigenvalue weighted by Gasteiger charge is 2.37. The molecule has 3 aromatic rings. The summed E-state index contributed by atoms with van der Waals surface area (Å²) >= 11 is 1.57. The number of carbonyl (C=O) groups is 1. The monoisotopic (exact) mass is 397 g/mol. The molecule has 0 spiro atoms. The highest BCUT2D eigenvalue weighted by atomic mass is 32.1. The molecule has 0 aliphatic rings. The second-order valence-corrected chi connectivity index (χ2v) is 7.10. The van der Waals surface area contributed by atoms with E-state index in [4.69, 9.17) is 0 Å². The van der Waals surface area contributed by atoms with Crippen LogP contribution in [0.25, 0.3) is 5.78 Å². The van der Waals surface area contributed by atoms with Crippen LogP contribution in [0.15, 0.2) is 17.5 Å². The van der Waals surface area contributed by atoms with E-state index in [-0.39, 0.29) is 18.1 Å². The van der Waals surface area contributed by atoms with Crippen LogP contribution in [0.3, 0.4) is 0 Å². The number of aryl methyl sites for hydroxylation is 2. The molecule has 0 saturated heterocycles. The number of hydrogen-bond donors (Lipinski definition) is 0. The van der Waals surface area contributed by atoms with Gasteiger partial charge in [0.1, 0.15) is 0 Å². The number of likely N-dealkylation sites (N-methyl/N-ethyl adjacent to an activating group) is 1. The van der Waals surface area contributed by atoms with Crippen molar-refractivity contribution in [2.24, 2.45) is 0 Å². The van der Waals surface area contributed by atoms with E-state index in [0.29, 0.717) is 30.0 Å². The molecule has 3 heterocycles. The summed E-state index contributed by atoms with van der Waals surface area (Å²) in [6.07, 6.45) is -4.61. The molecule has 0 radical (unpaired) electrons. The van der Waals surface area contributed by atoms with Crippen LogP contribution in [0, 0.1) is 13.8 Å². The van der Waals surface area contributed by atoms with Crippen molar-refractivity contribution in [1.82, 2.24) is 24.5 Å². The van der Waals surface area contributed by atoms with Crippen molar-refractivity contribution < 1.29 is 18.0 Å². The maximum absolute atomic E-state index is 12.9. The van der Waals surface area contributed by atoms with Crippen molar-refractivity contribution in [2.75, 3.05) is 6.54 Å². The third-order valence-corrected chi connectivity index (χ3v) is 5.15. The van der Waals surface area contributed by atoms with Gasteiger partial charge in [0.15, 0.2) is 0 Å². The highest BCUT2D eigenvalue weighted by Crippen LogP contribution is 2.27. The number of hydrogen-bond acceptors (Lipinski definition) is 5. The normalized spacial score (nSPS) is 11.9. The van der Waals surface area contributed by atoms with Gasteiger partial charge in [-0.3, -0.25) is 4.79 Å². The Morgan fingerprint density at radius 2 is 2.04 bits per heavy atom. The van der Waals surface area contributed by atoms with Crippen LogP contribution >= 0.6 is 11.3 Å². The van der Waals surface area contributed by atoms with Crippen molar-refractivity contribution in [1.29, 1.82) is 0 Å². The summed E-state index contributed by atoms with van der Waals surface area (Å²) in [4.78, 5) is 23.1. The number of carbonyl (C=O) groups excluding carboxylic acids is 1. The summed E-state index contributed by atoms with van der Waals surface area (Å²) in [6, 6.07) is 3.88. The van der Waals surface area contributed by atoms with Crippen LogP contribution in [0.2, 0.25) is 0 Å². The zero-order valence-corrected chi connectivity index (χ0v) is 15.9. The van der Waals surface area contributed by atoms with Gasteiger partial charge in [0.25, 0.3) is 11.6 Å². The maximum Gasteiger partial charge on any atom is 0.453 e. The minimum atomic E-state index is -4.65. The van der Waals surface area contributed by atoms with Crippen molar-refractivity contribution in [3.05, 3.63) is 45.2 Å². The topological polar surface area (TPSA) is 63.4 Å². The summed E-state index contributed by atoms with van der Waals surface area (Å²) in [5.41, 5.74) is 1.47. The Labute approximate surface area is 157 Å². The van der Waals surface area contributed by atoms with Crippen molar-refractivity contribution >= 4 is 23.0 Å². The SMILES string of the molecule is CCN(Cc1cccs1)C(=O)Cc1c(C)nc2nc(C(F)(F)F)nn2c1C. The quantitative estimate of drug-likeness (QED) is 0.662. The number of alkyl halides is 3. The number of aromatic nitrogens is 4. The van der Waals surface area contributed by atoms with E-state index in [0.717, 1.165) is 9.39 Å². The molecule has 3 rings (SSSR count). The van der Waals surface area contributed by atoms with E-state index in [2.05, 4.69) is 15.1 Å². The third kappa shape index (κ3) is 3.95. The molecule has 0 saturated carbocycles. The molecule has 6 nitrogen and oxygen atoms in total. The van der Waals surface area contributed by atoms with E-state index < -0.39 is 12.0 Å². The summed E-state index contributed by atoms with van der Waals surface area (Å²) < 4.78 is 39.7. The second kappa shape index (κ2) is 7.26. The summed E-state index contributed by atoms with van der Waals surface area (Å²) in [7, 11) is 0. The molecule has 0 fully saturated rings. The first kappa shape index (κ1) is 19.3. The van der Waals surface area contributed by atoms with Gasteiger partial charge in [0.2, 0.25) is 5.91 Å². The first-order chi connectivity index (χ1) is 12.7. The summed E-state index contributed by atoms with van der Waals surface area (Å²) in [5.74, 6) is -1.48. The highest BCUT2D eigenvalue weighted by molar-refractivity contribution is 7.09. The molecule has 10 heteroatoms. The van der Waals surface area contributed by atoms with Crippen molar-refractivity contribution in [3.8, 4) is 0 Å². The predicted molar refractivity (Wildman–Crippen MR) is 94.4 cm³/mol. The van der Waals surface area contributed by atoms with Crippen LogP contribution in [-0.4, -0.2) is 36.9 Å². The smallest absolute Gasteiger partial charge is 0.338 e. The first-order valence-electron chi connectivity index (χ1n) is 8.31. The lowest BCUT2D eigenvalue weighted by atomic mass is 10.1. The number of nitrogens with zero attached hydrogens (tertiary/aromatic N) is 5. The van der Waals surface area contributed by atoms with Crippen LogP contribution in [0.1, 0.15) is 34.6 Å². The molecule has 0 aromatic carbocycles. The van der Waals surface area contributed by atoms with Crippen molar-refractivity contribution in [2.45, 2.75) is 39.9 Å². The lowest BCUT2D eigenvalue weighted by molar-refractivity contribution is -0.144. The average molecular weight is 397 g/mol. The van der Waals surface area contributed by atoms with Gasteiger partial charge < -0.3 is 4.90 Å². The molecule has 3 aromatic heterocycles. The van der Waals surface area contributed by atoms with Gasteiger partial charge in [-0.2, -0.15) is 18.2 Å². The van der Waals surface area contributed by atoms with E-state index >= 15 is 0 Å². The lowest BCUT2D eigenvalue weighted by Gasteiger charge is -2.21. The average Bonchev–Trinajstić information content (AvgIpc) is 3.25. The Balaban J connectivity index is 1.90. The number of amides is 1. The Hall–Kier alpha value is -2.49. The predicted octanol–water partition coefficient (Wildman–Crippen LogP) is 3.41. The Bertz CT molecular complexity index is 965. The first-order valence-corrected chi connectivity index (χ1v) is 9.18. The fourth-order valence-electron chi connectivity index (χ4n) is 2.81.